The maximum atomic E-state index is 11.9. The van der Waals surface area contributed by atoms with Crippen LogP contribution in [0.4, 0.5) is 11.4 Å². The quantitative estimate of drug-likeness (QED) is 0.788. The highest BCUT2D eigenvalue weighted by molar-refractivity contribution is 5.91. The van der Waals surface area contributed by atoms with Gasteiger partial charge in [0.2, 0.25) is 5.91 Å². The number of nitrogens with one attached hydrogen (secondary N) is 1. The Bertz CT molecular complexity index is 465. The van der Waals surface area contributed by atoms with Crippen LogP contribution in [0.1, 0.15) is 25.7 Å². The molecule has 1 aliphatic heterocycles. The van der Waals surface area contributed by atoms with Crippen molar-refractivity contribution in [3.05, 3.63) is 24.3 Å². The van der Waals surface area contributed by atoms with E-state index in [1.54, 1.807) is 19.2 Å². The number of piperidine rings is 1. The van der Waals surface area contributed by atoms with Gasteiger partial charge in [-0.1, -0.05) is 6.07 Å². The zero-order chi connectivity index (χ0) is 15.1. The van der Waals surface area contributed by atoms with Crippen LogP contribution in [-0.2, 0) is 9.53 Å². The van der Waals surface area contributed by atoms with Gasteiger partial charge in [-0.15, -0.1) is 0 Å². The maximum Gasteiger partial charge on any atom is 0.224 e. The molecule has 3 N–H and O–H groups in total. The highest BCUT2D eigenvalue weighted by Gasteiger charge is 2.18. The standard InChI is InChI=1S/C16H25N3O2/c1-21-15-7-3-9-19(12-15)10-4-8-16(20)18-14-6-2-5-13(17)11-14/h2,5-6,11,15H,3-4,7-10,12,17H2,1H3,(H,18,20). The largest absolute Gasteiger partial charge is 0.399 e. The molecule has 1 aromatic rings. The smallest absolute Gasteiger partial charge is 0.224 e. The molecule has 0 bridgehead atoms. The fourth-order valence-electron chi connectivity index (χ4n) is 2.71. The van der Waals surface area contributed by atoms with Crippen LogP contribution in [0.2, 0.25) is 0 Å². The lowest BCUT2D eigenvalue weighted by Crippen LogP contribution is -2.39. The second-order valence-electron chi connectivity index (χ2n) is 5.58. The van der Waals surface area contributed by atoms with Crippen molar-refractivity contribution < 1.29 is 9.53 Å². The van der Waals surface area contributed by atoms with Crippen molar-refractivity contribution in [2.75, 3.05) is 37.8 Å². The fraction of sp³-hybridized carbons (Fsp3) is 0.562. The third-order valence-corrected chi connectivity index (χ3v) is 3.84. The summed E-state index contributed by atoms with van der Waals surface area (Å²) in [5.41, 5.74) is 7.11. The number of anilines is 2. The van der Waals surface area contributed by atoms with Gasteiger partial charge in [-0.3, -0.25) is 4.79 Å². The molecule has 1 unspecified atom stereocenters. The number of hydrogen-bond donors (Lipinski definition) is 2. The van der Waals surface area contributed by atoms with Crippen LogP contribution in [-0.4, -0.2) is 43.7 Å². The molecule has 0 spiro atoms. The van der Waals surface area contributed by atoms with Gasteiger partial charge in [-0.2, -0.15) is 0 Å². The summed E-state index contributed by atoms with van der Waals surface area (Å²) in [4.78, 5) is 14.3. The van der Waals surface area contributed by atoms with Gasteiger partial charge in [-0.25, -0.2) is 0 Å². The third-order valence-electron chi connectivity index (χ3n) is 3.84. The van der Waals surface area contributed by atoms with Crippen LogP contribution in [0.5, 0.6) is 0 Å². The van der Waals surface area contributed by atoms with Crippen molar-refractivity contribution in [3.8, 4) is 0 Å². The molecule has 1 fully saturated rings. The predicted octanol–water partition coefficient (Wildman–Crippen LogP) is 2.10. The van der Waals surface area contributed by atoms with Crippen molar-refractivity contribution >= 4 is 17.3 Å². The highest BCUT2D eigenvalue weighted by atomic mass is 16.5. The molecule has 5 nitrogen and oxygen atoms in total. The van der Waals surface area contributed by atoms with E-state index >= 15 is 0 Å². The molecule has 1 atom stereocenters. The van der Waals surface area contributed by atoms with E-state index in [9.17, 15) is 4.79 Å². The van der Waals surface area contributed by atoms with Crippen molar-refractivity contribution in [2.24, 2.45) is 0 Å². The van der Waals surface area contributed by atoms with E-state index in [0.717, 1.165) is 38.2 Å². The van der Waals surface area contributed by atoms with Gasteiger partial charge < -0.3 is 20.7 Å². The van der Waals surface area contributed by atoms with Crippen molar-refractivity contribution in [1.82, 2.24) is 4.90 Å². The van der Waals surface area contributed by atoms with Crippen molar-refractivity contribution in [1.29, 1.82) is 0 Å². The molecule has 5 heteroatoms. The molecule has 0 aromatic heterocycles. The van der Waals surface area contributed by atoms with E-state index in [-0.39, 0.29) is 5.91 Å². The summed E-state index contributed by atoms with van der Waals surface area (Å²) in [5, 5.41) is 2.88. The number of nitrogen functional groups attached to an aromatic ring is 1. The number of hydrogen-bond acceptors (Lipinski definition) is 4. The number of benzene rings is 1. The first kappa shape index (κ1) is 15.8. The summed E-state index contributed by atoms with van der Waals surface area (Å²) in [6, 6.07) is 7.26. The Kier molecular flexibility index (Phi) is 6.02. The van der Waals surface area contributed by atoms with Gasteiger partial charge in [0.05, 0.1) is 6.10 Å². The number of carbonyl (C=O) groups excluding carboxylic acids is 1. The molecule has 1 aliphatic rings. The minimum atomic E-state index is 0.0425. The van der Waals surface area contributed by atoms with Gasteiger partial charge in [0.15, 0.2) is 0 Å². The number of amides is 1. The molecule has 0 radical (unpaired) electrons. The van der Waals surface area contributed by atoms with Gasteiger partial charge in [-0.05, 0) is 50.6 Å². The second kappa shape index (κ2) is 8.00. The van der Waals surface area contributed by atoms with Crippen LogP contribution in [0.25, 0.3) is 0 Å². The molecule has 0 saturated carbocycles. The molecule has 21 heavy (non-hydrogen) atoms. The third kappa shape index (κ3) is 5.36. The molecule has 1 amide bonds. The monoisotopic (exact) mass is 291 g/mol. The minimum absolute atomic E-state index is 0.0425. The Morgan fingerprint density at radius 3 is 3.14 bits per heavy atom. The first-order valence-corrected chi connectivity index (χ1v) is 7.58. The highest BCUT2D eigenvalue weighted by Crippen LogP contribution is 2.14. The van der Waals surface area contributed by atoms with E-state index < -0.39 is 0 Å². The van der Waals surface area contributed by atoms with E-state index in [2.05, 4.69) is 10.2 Å². The van der Waals surface area contributed by atoms with Crippen LogP contribution in [0.3, 0.4) is 0 Å². The molecular formula is C16H25N3O2. The summed E-state index contributed by atoms with van der Waals surface area (Å²) in [7, 11) is 1.77. The molecule has 1 heterocycles. The number of rotatable bonds is 6. The van der Waals surface area contributed by atoms with Crippen molar-refractivity contribution in [2.45, 2.75) is 31.8 Å². The summed E-state index contributed by atoms with van der Waals surface area (Å²) < 4.78 is 5.41. The van der Waals surface area contributed by atoms with E-state index in [0.29, 0.717) is 18.2 Å². The molecule has 1 saturated heterocycles. The number of carbonyl (C=O) groups is 1. The topological polar surface area (TPSA) is 67.6 Å². The second-order valence-corrected chi connectivity index (χ2v) is 5.58. The van der Waals surface area contributed by atoms with Gasteiger partial charge >= 0.3 is 0 Å². The van der Waals surface area contributed by atoms with Crippen LogP contribution >= 0.6 is 0 Å². The lowest BCUT2D eigenvalue weighted by Gasteiger charge is -2.31. The Morgan fingerprint density at radius 1 is 1.52 bits per heavy atom. The Hall–Kier alpha value is -1.59. The average molecular weight is 291 g/mol. The first-order chi connectivity index (χ1) is 10.2. The van der Waals surface area contributed by atoms with Gasteiger partial charge in [0, 0.05) is 31.5 Å². The van der Waals surface area contributed by atoms with Crippen molar-refractivity contribution in [3.63, 3.8) is 0 Å². The Morgan fingerprint density at radius 2 is 2.38 bits per heavy atom. The summed E-state index contributed by atoms with van der Waals surface area (Å²) in [6.45, 7) is 3.04. The number of methoxy groups -OCH3 is 1. The lowest BCUT2D eigenvalue weighted by atomic mass is 10.1. The molecular weight excluding hydrogens is 266 g/mol. The normalized spacial score (nSPS) is 19.4. The molecule has 2 rings (SSSR count). The Labute approximate surface area is 126 Å². The van der Waals surface area contributed by atoms with Gasteiger partial charge in [0.1, 0.15) is 0 Å². The molecule has 0 aliphatic carbocycles. The zero-order valence-electron chi connectivity index (χ0n) is 12.7. The molecule has 116 valence electrons. The summed E-state index contributed by atoms with van der Waals surface area (Å²) >= 11 is 0. The van der Waals surface area contributed by atoms with E-state index in [1.165, 1.54) is 6.42 Å². The SMILES string of the molecule is COC1CCCN(CCCC(=O)Nc2cccc(N)c2)C1. The number of likely N-dealkylation sites (tertiary alicyclic amines) is 1. The number of ether oxygens (including phenoxy) is 1. The average Bonchev–Trinajstić information content (AvgIpc) is 2.47. The number of nitrogens with zero attached hydrogens (tertiary/aromatic N) is 1. The summed E-state index contributed by atoms with van der Waals surface area (Å²) in [5.74, 6) is 0.0425. The van der Waals surface area contributed by atoms with Crippen LogP contribution in [0, 0.1) is 0 Å². The van der Waals surface area contributed by atoms with Crippen LogP contribution in [0.15, 0.2) is 24.3 Å². The van der Waals surface area contributed by atoms with Gasteiger partial charge in [0.25, 0.3) is 0 Å². The number of nitrogens with two attached hydrogens (primary N) is 1. The summed E-state index contributed by atoms with van der Waals surface area (Å²) in [6.07, 6.45) is 4.06. The maximum absolute atomic E-state index is 11.9. The fourth-order valence-corrected chi connectivity index (χ4v) is 2.71. The first-order valence-electron chi connectivity index (χ1n) is 7.58. The minimum Gasteiger partial charge on any atom is -0.399 e. The molecule has 1 aromatic carbocycles. The van der Waals surface area contributed by atoms with E-state index in [1.807, 2.05) is 12.1 Å². The van der Waals surface area contributed by atoms with Crippen LogP contribution < -0.4 is 11.1 Å². The lowest BCUT2D eigenvalue weighted by molar-refractivity contribution is -0.116. The zero-order valence-corrected chi connectivity index (χ0v) is 12.7. The Balaban J connectivity index is 1.67. The van der Waals surface area contributed by atoms with E-state index in [4.69, 9.17) is 10.5 Å². The predicted molar refractivity (Wildman–Crippen MR) is 85.2 cm³/mol.